The average Bonchev–Trinajstić information content (AvgIpc) is 3.41. The standard InChI is InChI=1S/C21H10Cl3FN4O2S/c22-12-3-1-10(13(23)9-12)8-16-20(30)29-21(27-26-16)32-19(28-29)18-6-5-17(31-18)11-2-4-15(25)14(24)7-11/h1-7,9H,8H2. The predicted octanol–water partition coefficient (Wildman–Crippen LogP) is 6.16. The summed E-state index contributed by atoms with van der Waals surface area (Å²) in [4.78, 5) is 13.2. The maximum absolute atomic E-state index is 13.4. The molecule has 2 aromatic carbocycles. The molecule has 5 aromatic rings. The summed E-state index contributed by atoms with van der Waals surface area (Å²) in [6.07, 6.45) is 0.188. The molecule has 0 amide bonds. The fourth-order valence-corrected chi connectivity index (χ4v) is 4.51. The van der Waals surface area contributed by atoms with Gasteiger partial charge in [0, 0.05) is 22.0 Å². The lowest BCUT2D eigenvalue weighted by molar-refractivity contribution is 0.594. The van der Waals surface area contributed by atoms with E-state index >= 15 is 0 Å². The van der Waals surface area contributed by atoms with Gasteiger partial charge in [-0.25, -0.2) is 4.39 Å². The molecule has 0 aliphatic carbocycles. The number of fused-ring (bicyclic) bond motifs is 1. The monoisotopic (exact) mass is 506 g/mol. The Bertz CT molecular complexity index is 1550. The topological polar surface area (TPSA) is 73.3 Å². The minimum Gasteiger partial charge on any atom is -0.454 e. The average molecular weight is 508 g/mol. The summed E-state index contributed by atoms with van der Waals surface area (Å²) in [6.45, 7) is 0. The minimum absolute atomic E-state index is 0.00409. The highest BCUT2D eigenvalue weighted by molar-refractivity contribution is 7.19. The number of hydrogen-bond donors (Lipinski definition) is 0. The van der Waals surface area contributed by atoms with Gasteiger partial charge in [-0.3, -0.25) is 4.79 Å². The zero-order valence-electron chi connectivity index (χ0n) is 15.9. The third-order valence-corrected chi connectivity index (χ3v) is 6.44. The van der Waals surface area contributed by atoms with Crippen LogP contribution in [0.5, 0.6) is 0 Å². The minimum atomic E-state index is -0.512. The first kappa shape index (κ1) is 21.1. The van der Waals surface area contributed by atoms with Crippen molar-refractivity contribution in [2.75, 3.05) is 0 Å². The van der Waals surface area contributed by atoms with Crippen molar-refractivity contribution in [1.29, 1.82) is 0 Å². The summed E-state index contributed by atoms with van der Waals surface area (Å²) in [7, 11) is 0. The van der Waals surface area contributed by atoms with Crippen LogP contribution in [0.4, 0.5) is 4.39 Å². The van der Waals surface area contributed by atoms with Gasteiger partial charge >= 0.3 is 0 Å². The van der Waals surface area contributed by atoms with Crippen LogP contribution in [0.15, 0.2) is 57.7 Å². The molecule has 0 saturated heterocycles. The second kappa shape index (κ2) is 8.29. The van der Waals surface area contributed by atoms with E-state index in [0.29, 0.717) is 42.7 Å². The quantitative estimate of drug-likeness (QED) is 0.291. The SMILES string of the molecule is O=c1c(Cc2ccc(Cl)cc2Cl)nnc2sc(-c3ccc(-c4ccc(F)c(Cl)c4)o3)nn12. The van der Waals surface area contributed by atoms with E-state index in [4.69, 9.17) is 39.2 Å². The van der Waals surface area contributed by atoms with Crippen molar-refractivity contribution in [2.24, 2.45) is 0 Å². The van der Waals surface area contributed by atoms with Gasteiger partial charge in [0.15, 0.2) is 10.8 Å². The highest BCUT2D eigenvalue weighted by Crippen LogP contribution is 2.32. The molecule has 0 saturated carbocycles. The van der Waals surface area contributed by atoms with Crippen molar-refractivity contribution in [3.05, 3.63) is 91.0 Å². The zero-order chi connectivity index (χ0) is 22.4. The third kappa shape index (κ3) is 3.91. The van der Waals surface area contributed by atoms with Crippen LogP contribution < -0.4 is 5.56 Å². The summed E-state index contributed by atoms with van der Waals surface area (Å²) in [5.41, 5.74) is 1.11. The summed E-state index contributed by atoms with van der Waals surface area (Å²) < 4.78 is 20.5. The van der Waals surface area contributed by atoms with Crippen molar-refractivity contribution >= 4 is 51.1 Å². The summed E-state index contributed by atoms with van der Waals surface area (Å²) in [6, 6.07) is 12.8. The molecule has 0 radical (unpaired) electrons. The van der Waals surface area contributed by atoms with Crippen LogP contribution in [0.2, 0.25) is 15.1 Å². The molecule has 3 heterocycles. The molecule has 0 spiro atoms. The van der Waals surface area contributed by atoms with Gasteiger partial charge in [-0.2, -0.15) is 4.52 Å². The highest BCUT2D eigenvalue weighted by Gasteiger charge is 2.17. The molecule has 5 rings (SSSR count). The molecule has 0 fully saturated rings. The van der Waals surface area contributed by atoms with Crippen molar-refractivity contribution in [1.82, 2.24) is 19.8 Å². The second-order valence-electron chi connectivity index (χ2n) is 6.76. The summed E-state index contributed by atoms with van der Waals surface area (Å²) in [5, 5.41) is 13.9. The predicted molar refractivity (Wildman–Crippen MR) is 122 cm³/mol. The van der Waals surface area contributed by atoms with E-state index in [-0.39, 0.29) is 17.1 Å². The first-order chi connectivity index (χ1) is 15.4. The van der Waals surface area contributed by atoms with Crippen LogP contribution >= 0.6 is 46.1 Å². The van der Waals surface area contributed by atoms with E-state index in [1.54, 1.807) is 36.4 Å². The van der Waals surface area contributed by atoms with E-state index < -0.39 is 11.4 Å². The van der Waals surface area contributed by atoms with Gasteiger partial charge in [-0.05, 0) is 48.0 Å². The van der Waals surface area contributed by atoms with Crippen molar-refractivity contribution in [3.8, 4) is 22.1 Å². The van der Waals surface area contributed by atoms with Gasteiger partial charge in [0.1, 0.15) is 17.3 Å². The van der Waals surface area contributed by atoms with Crippen LogP contribution in [0, 0.1) is 5.82 Å². The second-order valence-corrected chi connectivity index (χ2v) is 8.97. The molecule has 6 nitrogen and oxygen atoms in total. The van der Waals surface area contributed by atoms with Gasteiger partial charge in [0.25, 0.3) is 5.56 Å². The molecule has 0 aliphatic heterocycles. The van der Waals surface area contributed by atoms with Gasteiger partial charge in [-0.1, -0.05) is 52.2 Å². The lowest BCUT2D eigenvalue weighted by Gasteiger charge is -2.03. The first-order valence-electron chi connectivity index (χ1n) is 9.14. The van der Waals surface area contributed by atoms with E-state index in [2.05, 4.69) is 15.3 Å². The fraction of sp³-hybridized carbons (Fsp3) is 0.0476. The Morgan fingerprint density at radius 3 is 2.56 bits per heavy atom. The Balaban J connectivity index is 1.49. The Kier molecular flexibility index (Phi) is 5.46. The van der Waals surface area contributed by atoms with Crippen LogP contribution in [0.1, 0.15) is 11.3 Å². The van der Waals surface area contributed by atoms with Crippen molar-refractivity contribution < 1.29 is 8.81 Å². The van der Waals surface area contributed by atoms with Crippen LogP contribution in [-0.4, -0.2) is 19.8 Å². The third-order valence-electron chi connectivity index (χ3n) is 4.65. The molecule has 0 aliphatic rings. The van der Waals surface area contributed by atoms with Gasteiger partial charge in [0.05, 0.1) is 5.02 Å². The Labute approximate surface area is 198 Å². The van der Waals surface area contributed by atoms with Gasteiger partial charge in [-0.15, -0.1) is 15.3 Å². The van der Waals surface area contributed by atoms with Crippen LogP contribution in [0.25, 0.3) is 27.1 Å². The smallest absolute Gasteiger partial charge is 0.297 e. The summed E-state index contributed by atoms with van der Waals surface area (Å²) in [5.74, 6) is 0.400. The van der Waals surface area contributed by atoms with Gasteiger partial charge in [0.2, 0.25) is 4.96 Å². The Morgan fingerprint density at radius 1 is 0.969 bits per heavy atom. The van der Waals surface area contributed by atoms with Crippen LogP contribution in [-0.2, 0) is 6.42 Å². The Morgan fingerprint density at radius 2 is 1.78 bits per heavy atom. The number of nitrogens with zero attached hydrogens (tertiary/aromatic N) is 4. The largest absolute Gasteiger partial charge is 0.454 e. The van der Waals surface area contributed by atoms with Crippen molar-refractivity contribution in [3.63, 3.8) is 0 Å². The molecular formula is C21H10Cl3FN4O2S. The molecule has 0 unspecified atom stereocenters. The molecule has 0 bridgehead atoms. The van der Waals surface area contributed by atoms with Crippen LogP contribution in [0.3, 0.4) is 0 Å². The molecule has 3 aromatic heterocycles. The highest BCUT2D eigenvalue weighted by atomic mass is 35.5. The molecule has 11 heteroatoms. The number of furan rings is 1. The molecule has 0 N–H and O–H groups in total. The fourth-order valence-electron chi connectivity index (χ4n) is 3.06. The zero-order valence-corrected chi connectivity index (χ0v) is 18.9. The number of halogens is 4. The normalized spacial score (nSPS) is 11.4. The first-order valence-corrected chi connectivity index (χ1v) is 11.1. The molecule has 32 heavy (non-hydrogen) atoms. The number of aromatic nitrogens is 4. The van der Waals surface area contributed by atoms with E-state index in [1.807, 2.05) is 0 Å². The summed E-state index contributed by atoms with van der Waals surface area (Å²) >= 11 is 19.1. The number of hydrogen-bond acceptors (Lipinski definition) is 6. The molecule has 160 valence electrons. The lowest BCUT2D eigenvalue weighted by Crippen LogP contribution is -2.22. The number of rotatable bonds is 4. The van der Waals surface area contributed by atoms with Crippen molar-refractivity contribution in [2.45, 2.75) is 6.42 Å². The lowest BCUT2D eigenvalue weighted by atomic mass is 10.1. The van der Waals surface area contributed by atoms with E-state index in [9.17, 15) is 9.18 Å². The van der Waals surface area contributed by atoms with Gasteiger partial charge < -0.3 is 4.42 Å². The van der Waals surface area contributed by atoms with E-state index in [1.165, 1.54) is 16.6 Å². The molecule has 0 atom stereocenters. The Hall–Kier alpha value is -2.78. The van der Waals surface area contributed by atoms with E-state index in [0.717, 1.165) is 11.3 Å². The maximum Gasteiger partial charge on any atom is 0.297 e. The number of benzene rings is 2. The molecular weight excluding hydrogens is 498 g/mol. The maximum atomic E-state index is 13.4.